The quantitative estimate of drug-likeness (QED) is 0.348. The van der Waals surface area contributed by atoms with Crippen molar-refractivity contribution in [3.05, 3.63) is 41.0 Å². The second-order valence-corrected chi connectivity index (χ2v) is 9.50. The third kappa shape index (κ3) is 8.91. The van der Waals surface area contributed by atoms with Crippen LogP contribution in [0.1, 0.15) is 32.8 Å². The molecule has 1 heterocycles. The van der Waals surface area contributed by atoms with Gasteiger partial charge in [0.05, 0.1) is 12.2 Å². The van der Waals surface area contributed by atoms with Gasteiger partial charge in [0.1, 0.15) is 23.1 Å². The van der Waals surface area contributed by atoms with E-state index in [2.05, 4.69) is 9.71 Å². The molecule has 1 N–H and O–H groups in total. The summed E-state index contributed by atoms with van der Waals surface area (Å²) in [6.07, 6.45) is -5.04. The van der Waals surface area contributed by atoms with E-state index < -0.39 is 39.2 Å². The SMILES string of the molecule is CCCN(C(=O)OS(=O)(=O)NC(C)C)c1c(OCCOC)cccc1Oc1ncc(C(F)(F)F)cc1Cl. The Labute approximate surface area is 217 Å². The molecule has 0 atom stereocenters. The van der Waals surface area contributed by atoms with Gasteiger partial charge in [0.25, 0.3) is 0 Å². The maximum absolute atomic E-state index is 13.0. The van der Waals surface area contributed by atoms with Gasteiger partial charge in [-0.1, -0.05) is 24.6 Å². The second kappa shape index (κ2) is 13.1. The van der Waals surface area contributed by atoms with Crippen LogP contribution in [0.25, 0.3) is 0 Å². The van der Waals surface area contributed by atoms with Crippen LogP contribution in [0.2, 0.25) is 5.02 Å². The van der Waals surface area contributed by atoms with Crippen molar-refractivity contribution < 1.29 is 44.8 Å². The van der Waals surface area contributed by atoms with Crippen LogP contribution in [0.15, 0.2) is 30.5 Å². The molecule has 206 valence electrons. The minimum atomic E-state index is -4.67. The van der Waals surface area contributed by atoms with E-state index in [4.69, 9.17) is 30.0 Å². The number of rotatable bonds is 12. The van der Waals surface area contributed by atoms with E-state index in [1.54, 1.807) is 20.8 Å². The average molecular weight is 570 g/mol. The number of nitrogens with zero attached hydrogens (tertiary/aromatic N) is 2. The van der Waals surface area contributed by atoms with Crippen molar-refractivity contribution in [1.29, 1.82) is 0 Å². The largest absolute Gasteiger partial charge is 0.489 e. The topological polar surface area (TPSA) is 116 Å². The summed E-state index contributed by atoms with van der Waals surface area (Å²) in [4.78, 5) is 17.6. The van der Waals surface area contributed by atoms with Crippen LogP contribution >= 0.6 is 11.6 Å². The van der Waals surface area contributed by atoms with E-state index in [1.807, 2.05) is 0 Å². The summed E-state index contributed by atoms with van der Waals surface area (Å²) in [7, 11) is -3.01. The van der Waals surface area contributed by atoms with Crippen LogP contribution in [-0.4, -0.2) is 52.4 Å². The predicted molar refractivity (Wildman–Crippen MR) is 129 cm³/mol. The zero-order valence-electron chi connectivity index (χ0n) is 20.5. The number of aromatic nitrogens is 1. The predicted octanol–water partition coefficient (Wildman–Crippen LogP) is 5.17. The molecule has 1 aromatic heterocycles. The lowest BCUT2D eigenvalue weighted by Gasteiger charge is -2.26. The van der Waals surface area contributed by atoms with E-state index >= 15 is 0 Å². The molecule has 0 saturated heterocycles. The summed E-state index contributed by atoms with van der Waals surface area (Å²) < 4.78 is 86.7. The molecule has 1 aromatic carbocycles. The number of benzene rings is 1. The van der Waals surface area contributed by atoms with Crippen molar-refractivity contribution >= 4 is 33.7 Å². The van der Waals surface area contributed by atoms with Gasteiger partial charge in [-0.2, -0.15) is 26.3 Å². The fourth-order valence-electron chi connectivity index (χ4n) is 2.93. The van der Waals surface area contributed by atoms with Gasteiger partial charge >= 0.3 is 22.6 Å². The summed E-state index contributed by atoms with van der Waals surface area (Å²) in [5, 5.41) is -0.445. The molecule has 0 aliphatic heterocycles. The fourth-order valence-corrected chi connectivity index (χ4v) is 4.04. The number of nitrogens with one attached hydrogen (secondary N) is 1. The molecular weight excluding hydrogens is 543 g/mol. The van der Waals surface area contributed by atoms with Crippen molar-refractivity contribution in [3.8, 4) is 17.4 Å². The number of methoxy groups -OCH3 is 1. The summed E-state index contributed by atoms with van der Waals surface area (Å²) in [6, 6.07) is 4.45. The molecule has 2 aromatic rings. The van der Waals surface area contributed by atoms with Crippen LogP contribution in [0.4, 0.5) is 23.7 Å². The smallest absolute Gasteiger partial charge is 0.431 e. The zero-order chi connectivity index (χ0) is 27.8. The number of ether oxygens (including phenoxy) is 3. The molecule has 0 aliphatic carbocycles. The number of hydrogen-bond acceptors (Lipinski definition) is 8. The lowest BCUT2D eigenvalue weighted by Crippen LogP contribution is -2.39. The molecule has 0 aliphatic rings. The van der Waals surface area contributed by atoms with Crippen LogP contribution in [0.3, 0.4) is 0 Å². The van der Waals surface area contributed by atoms with Gasteiger partial charge in [-0.15, -0.1) is 0 Å². The van der Waals surface area contributed by atoms with Gasteiger partial charge in [-0.25, -0.2) is 9.78 Å². The Morgan fingerprint density at radius 3 is 2.46 bits per heavy atom. The van der Waals surface area contributed by atoms with Gasteiger partial charge in [-0.3, -0.25) is 4.90 Å². The molecule has 0 saturated carbocycles. The summed E-state index contributed by atoms with van der Waals surface area (Å²) >= 11 is 5.99. The van der Waals surface area contributed by atoms with Gasteiger partial charge < -0.3 is 18.4 Å². The van der Waals surface area contributed by atoms with Crippen LogP contribution in [0.5, 0.6) is 17.4 Å². The standard InChI is InChI=1S/C22H27ClF3N3O7S/c1-5-9-29(21(30)36-37(31,32)28-14(2)3)19-17(34-11-10-33-4)7-6-8-18(19)35-20-16(23)12-15(13-27-20)22(24,25)26/h6-8,12-14,28H,5,9-11H2,1-4H3. The van der Waals surface area contributed by atoms with Gasteiger partial charge in [0, 0.05) is 25.9 Å². The highest BCUT2D eigenvalue weighted by atomic mass is 35.5. The number of halogens is 4. The van der Waals surface area contributed by atoms with Gasteiger partial charge in [0.2, 0.25) is 5.88 Å². The number of carbonyl (C=O) groups excluding carboxylic acids is 1. The lowest BCUT2D eigenvalue weighted by atomic mass is 10.2. The van der Waals surface area contributed by atoms with Crippen LogP contribution in [0, 0.1) is 0 Å². The Morgan fingerprint density at radius 2 is 1.89 bits per heavy atom. The van der Waals surface area contributed by atoms with E-state index in [9.17, 15) is 26.4 Å². The molecule has 2 rings (SSSR count). The molecule has 0 spiro atoms. The molecule has 0 radical (unpaired) electrons. The molecule has 0 bridgehead atoms. The third-order valence-corrected chi connectivity index (χ3v) is 5.74. The first-order valence-electron chi connectivity index (χ1n) is 11.0. The first-order valence-corrected chi connectivity index (χ1v) is 12.8. The molecule has 0 fully saturated rings. The van der Waals surface area contributed by atoms with E-state index in [-0.39, 0.29) is 42.8 Å². The number of hydrogen-bond donors (Lipinski definition) is 1. The van der Waals surface area contributed by atoms with Gasteiger partial charge in [-0.05, 0) is 38.5 Å². The first kappa shape index (κ1) is 30.4. The lowest BCUT2D eigenvalue weighted by molar-refractivity contribution is -0.137. The number of para-hydroxylation sites is 1. The van der Waals surface area contributed by atoms with Crippen molar-refractivity contribution in [2.45, 2.75) is 39.4 Å². The zero-order valence-corrected chi connectivity index (χ0v) is 22.0. The Balaban J connectivity index is 2.56. The minimum absolute atomic E-state index is 0.0365. The van der Waals surface area contributed by atoms with Gasteiger partial charge in [0.15, 0.2) is 5.75 Å². The van der Waals surface area contributed by atoms with Crippen LogP contribution in [-0.2, 0) is 25.4 Å². The Bertz CT molecular complexity index is 1180. The highest BCUT2D eigenvalue weighted by molar-refractivity contribution is 7.85. The molecular formula is C22H27ClF3N3O7S. The van der Waals surface area contributed by atoms with Crippen molar-refractivity contribution in [2.24, 2.45) is 0 Å². The summed E-state index contributed by atoms with van der Waals surface area (Å²) in [5.41, 5.74) is -1.14. The number of pyridine rings is 1. The maximum atomic E-state index is 13.0. The van der Waals surface area contributed by atoms with Crippen molar-refractivity contribution in [3.63, 3.8) is 0 Å². The third-order valence-electron chi connectivity index (χ3n) is 4.35. The highest BCUT2D eigenvalue weighted by Crippen LogP contribution is 2.42. The van der Waals surface area contributed by atoms with Crippen LogP contribution < -0.4 is 19.1 Å². The van der Waals surface area contributed by atoms with E-state index in [0.717, 1.165) is 4.90 Å². The van der Waals surface area contributed by atoms with E-state index in [1.165, 1.54) is 25.3 Å². The number of amides is 1. The molecule has 10 nitrogen and oxygen atoms in total. The first-order chi connectivity index (χ1) is 17.3. The summed E-state index contributed by atoms with van der Waals surface area (Å²) in [6.45, 7) is 5.01. The van der Waals surface area contributed by atoms with E-state index in [0.29, 0.717) is 18.7 Å². The molecule has 37 heavy (non-hydrogen) atoms. The maximum Gasteiger partial charge on any atom is 0.431 e. The molecule has 1 amide bonds. The number of anilines is 1. The normalized spacial score (nSPS) is 11.9. The number of alkyl halides is 3. The second-order valence-electron chi connectivity index (χ2n) is 7.78. The monoisotopic (exact) mass is 569 g/mol. The number of carbonyl (C=O) groups is 1. The highest BCUT2D eigenvalue weighted by Gasteiger charge is 2.33. The molecule has 15 heteroatoms. The Hall–Kier alpha value is -2.81. The summed E-state index contributed by atoms with van der Waals surface area (Å²) in [5.74, 6) is -0.412. The average Bonchev–Trinajstić information content (AvgIpc) is 2.77. The Morgan fingerprint density at radius 1 is 1.22 bits per heavy atom. The van der Waals surface area contributed by atoms with Crippen molar-refractivity contribution in [2.75, 3.05) is 31.8 Å². The fraction of sp³-hybridized carbons (Fsp3) is 0.455. The minimum Gasteiger partial charge on any atom is -0.489 e. The molecule has 0 unspecified atom stereocenters. The van der Waals surface area contributed by atoms with Crippen molar-refractivity contribution in [1.82, 2.24) is 9.71 Å². The Kier molecular flexibility index (Phi) is 10.8.